The Morgan fingerprint density at radius 1 is 0.667 bits per heavy atom. The smallest absolute Gasteiger partial charge is 0.329 e. The number of carboxylic acids is 1. The summed E-state index contributed by atoms with van der Waals surface area (Å²) in [6, 6.07) is 0. The second kappa shape index (κ2) is 20.9. The number of amides is 1. The third kappa shape index (κ3) is 22.6. The fraction of sp³-hybridized carbons (Fsp3) is 0.875. The van der Waals surface area contributed by atoms with Gasteiger partial charge < -0.3 is 38.8 Å². The molecule has 0 aromatic heterocycles. The Morgan fingerprint density at radius 2 is 1.11 bits per heavy atom. The van der Waals surface area contributed by atoms with Gasteiger partial charge in [-0.15, -0.1) is 0 Å². The van der Waals surface area contributed by atoms with Crippen molar-refractivity contribution in [3.63, 3.8) is 0 Å². The number of halogens is 1. The van der Waals surface area contributed by atoms with Gasteiger partial charge in [0.25, 0.3) is 0 Å². The molecule has 0 aliphatic carbocycles. The Morgan fingerprint density at radius 3 is 1.56 bits per heavy atom. The second-order valence-electron chi connectivity index (χ2n) is 4.99. The van der Waals surface area contributed by atoms with Crippen molar-refractivity contribution in [1.82, 2.24) is 5.32 Å². The normalized spacial score (nSPS) is 10.9. The lowest BCUT2D eigenvalue weighted by molar-refractivity contribution is -0.143. The van der Waals surface area contributed by atoms with E-state index in [1.165, 1.54) is 0 Å². The van der Waals surface area contributed by atoms with Crippen molar-refractivity contribution < 1.29 is 47.5 Å². The largest absolute Gasteiger partial charge is 0.480 e. The third-order valence-electron chi connectivity index (χ3n) is 2.74. The number of hydrogen-bond donors (Lipinski definition) is 2. The van der Waals surface area contributed by atoms with Crippen LogP contribution >= 0.6 is 0 Å². The highest BCUT2D eigenvalue weighted by Crippen LogP contribution is 1.84. The summed E-state index contributed by atoms with van der Waals surface area (Å²) in [5, 5.41) is 10.9. The van der Waals surface area contributed by atoms with Crippen molar-refractivity contribution in [3.8, 4) is 0 Å². The molecule has 0 heterocycles. The first-order valence-corrected chi connectivity index (χ1v) is 8.67. The molecule has 0 radical (unpaired) electrons. The molecule has 0 aromatic carbocycles. The molecule has 0 aliphatic rings. The Labute approximate surface area is 158 Å². The molecule has 0 saturated heterocycles. The highest BCUT2D eigenvalue weighted by Gasteiger charge is 2.02. The van der Waals surface area contributed by atoms with Crippen LogP contribution in [-0.4, -0.2) is 109 Å². The minimum absolute atomic E-state index is 0.0963. The molecule has 0 saturated carbocycles. The number of carbonyl (C=O) groups is 2. The molecule has 0 unspecified atom stereocenters. The van der Waals surface area contributed by atoms with Gasteiger partial charge in [0, 0.05) is 6.54 Å². The predicted molar refractivity (Wildman–Crippen MR) is 91.5 cm³/mol. The standard InChI is InChI=1S/C16H30FNO9/c17-1-3-22-5-7-24-9-11-26-12-10-25-8-6-23-4-2-18-15(19)13-27-14-16(20)21/h1-14H2,(H,18,19)(H,20,21). The van der Waals surface area contributed by atoms with Crippen LogP contribution in [0.15, 0.2) is 0 Å². The van der Waals surface area contributed by atoms with Gasteiger partial charge in [0.05, 0.1) is 66.1 Å². The maximum atomic E-state index is 11.7. The van der Waals surface area contributed by atoms with E-state index in [2.05, 4.69) is 10.1 Å². The summed E-state index contributed by atoms with van der Waals surface area (Å²) < 4.78 is 42.3. The average molecular weight is 399 g/mol. The zero-order valence-corrected chi connectivity index (χ0v) is 15.5. The van der Waals surface area contributed by atoms with Crippen LogP contribution in [0.4, 0.5) is 4.39 Å². The molecule has 10 nitrogen and oxygen atoms in total. The van der Waals surface area contributed by atoms with Crippen LogP contribution in [0.25, 0.3) is 0 Å². The van der Waals surface area contributed by atoms with Gasteiger partial charge in [-0.1, -0.05) is 0 Å². The van der Waals surface area contributed by atoms with Crippen LogP contribution in [-0.2, 0) is 38.0 Å². The van der Waals surface area contributed by atoms with Gasteiger partial charge in [-0.2, -0.15) is 0 Å². The van der Waals surface area contributed by atoms with Crippen molar-refractivity contribution in [2.75, 3.05) is 92.5 Å². The molecule has 11 heteroatoms. The fourth-order valence-corrected chi connectivity index (χ4v) is 1.58. The highest BCUT2D eigenvalue weighted by molar-refractivity contribution is 5.77. The molecule has 2 N–H and O–H groups in total. The summed E-state index contributed by atoms with van der Waals surface area (Å²) in [5.74, 6) is -1.52. The minimum Gasteiger partial charge on any atom is -0.480 e. The number of ether oxygens (including phenoxy) is 6. The lowest BCUT2D eigenvalue weighted by Gasteiger charge is -2.08. The van der Waals surface area contributed by atoms with Gasteiger partial charge in [-0.25, -0.2) is 9.18 Å². The Hall–Kier alpha value is -1.37. The summed E-state index contributed by atoms with van der Waals surface area (Å²) in [6.07, 6.45) is 0. The molecule has 160 valence electrons. The van der Waals surface area contributed by atoms with Crippen LogP contribution in [0.1, 0.15) is 0 Å². The van der Waals surface area contributed by atoms with Crippen LogP contribution in [0.3, 0.4) is 0 Å². The van der Waals surface area contributed by atoms with Gasteiger partial charge >= 0.3 is 5.97 Å². The number of hydrogen-bond acceptors (Lipinski definition) is 8. The van der Waals surface area contributed by atoms with Gasteiger partial charge in [0.15, 0.2) is 0 Å². The van der Waals surface area contributed by atoms with Crippen molar-refractivity contribution in [2.24, 2.45) is 0 Å². The van der Waals surface area contributed by atoms with E-state index in [0.29, 0.717) is 66.0 Å². The number of nitrogens with one attached hydrogen (secondary N) is 1. The van der Waals surface area contributed by atoms with Crippen molar-refractivity contribution >= 4 is 11.9 Å². The third-order valence-corrected chi connectivity index (χ3v) is 2.74. The van der Waals surface area contributed by atoms with Crippen LogP contribution in [0.5, 0.6) is 0 Å². The number of rotatable bonds is 21. The first kappa shape index (κ1) is 25.6. The second-order valence-corrected chi connectivity index (χ2v) is 4.99. The van der Waals surface area contributed by atoms with Gasteiger partial charge in [0.2, 0.25) is 5.91 Å². The monoisotopic (exact) mass is 399 g/mol. The van der Waals surface area contributed by atoms with Crippen molar-refractivity contribution in [3.05, 3.63) is 0 Å². The Balaban J connectivity index is 3.10. The predicted octanol–water partition coefficient (Wildman–Crippen LogP) is -0.744. The molecule has 0 aliphatic heterocycles. The lowest BCUT2D eigenvalue weighted by atomic mass is 10.6. The molecule has 1 amide bonds. The molecular weight excluding hydrogens is 369 g/mol. The van der Waals surface area contributed by atoms with Crippen LogP contribution in [0.2, 0.25) is 0 Å². The van der Waals surface area contributed by atoms with E-state index < -0.39 is 25.2 Å². The van der Waals surface area contributed by atoms with Crippen molar-refractivity contribution in [1.29, 1.82) is 0 Å². The van der Waals surface area contributed by atoms with E-state index in [9.17, 15) is 14.0 Å². The molecule has 0 spiro atoms. The van der Waals surface area contributed by atoms with Gasteiger partial charge in [-0.3, -0.25) is 4.79 Å². The molecule has 0 aromatic rings. The molecule has 0 rings (SSSR count). The first-order valence-electron chi connectivity index (χ1n) is 8.67. The van der Waals surface area contributed by atoms with E-state index in [1.54, 1.807) is 0 Å². The first-order chi connectivity index (χ1) is 13.2. The topological polar surface area (TPSA) is 122 Å². The average Bonchev–Trinajstić information content (AvgIpc) is 2.64. The summed E-state index contributed by atoms with van der Waals surface area (Å²) in [6.45, 7) is 2.74. The minimum atomic E-state index is -1.12. The number of carboxylic acid groups (broad SMARTS) is 1. The Bertz CT molecular complexity index is 361. The number of alkyl halides is 1. The maximum Gasteiger partial charge on any atom is 0.329 e. The molecular formula is C16H30FNO9. The van der Waals surface area contributed by atoms with E-state index in [4.69, 9.17) is 28.8 Å². The van der Waals surface area contributed by atoms with Crippen molar-refractivity contribution in [2.45, 2.75) is 0 Å². The zero-order valence-electron chi connectivity index (χ0n) is 15.5. The number of carbonyl (C=O) groups excluding carboxylic acids is 1. The van der Waals surface area contributed by atoms with E-state index in [-0.39, 0.29) is 13.2 Å². The summed E-state index contributed by atoms with van der Waals surface area (Å²) in [4.78, 5) is 21.4. The SMILES string of the molecule is O=C(O)COCC(=O)NCCOCCOCCOCCOCCOCCF. The van der Waals surface area contributed by atoms with Gasteiger partial charge in [0.1, 0.15) is 19.9 Å². The Kier molecular flexibility index (Phi) is 19.9. The molecule has 0 bridgehead atoms. The fourth-order valence-electron chi connectivity index (χ4n) is 1.58. The lowest BCUT2D eigenvalue weighted by Crippen LogP contribution is -2.31. The van der Waals surface area contributed by atoms with Crippen LogP contribution < -0.4 is 5.32 Å². The van der Waals surface area contributed by atoms with E-state index >= 15 is 0 Å². The zero-order chi connectivity index (χ0) is 20.0. The van der Waals surface area contributed by atoms with E-state index in [1.807, 2.05) is 0 Å². The highest BCUT2D eigenvalue weighted by atomic mass is 19.1. The summed E-state index contributed by atoms with van der Waals surface area (Å²) in [5.41, 5.74) is 0. The summed E-state index contributed by atoms with van der Waals surface area (Å²) in [7, 11) is 0. The van der Waals surface area contributed by atoms with Gasteiger partial charge in [-0.05, 0) is 0 Å². The quantitative estimate of drug-likeness (QED) is 0.240. The summed E-state index contributed by atoms with van der Waals surface area (Å²) >= 11 is 0. The number of aliphatic carboxylic acids is 1. The van der Waals surface area contributed by atoms with E-state index in [0.717, 1.165) is 0 Å². The molecule has 0 fully saturated rings. The maximum absolute atomic E-state index is 11.7. The molecule has 0 atom stereocenters. The van der Waals surface area contributed by atoms with Crippen LogP contribution in [0, 0.1) is 0 Å². The molecule has 27 heavy (non-hydrogen) atoms.